The van der Waals surface area contributed by atoms with Gasteiger partial charge in [0, 0.05) is 38.4 Å². The van der Waals surface area contributed by atoms with Crippen LogP contribution in [0, 0.1) is 0 Å². The number of amides is 4. The molecule has 8 heteroatoms. The smallest absolute Gasteiger partial charge is 0.325 e. The van der Waals surface area contributed by atoms with Crippen molar-refractivity contribution in [3.63, 3.8) is 0 Å². The molecule has 1 aliphatic carbocycles. The molecule has 172 valence electrons. The zero-order valence-electron chi connectivity index (χ0n) is 18.8. The van der Waals surface area contributed by atoms with E-state index in [1.807, 2.05) is 42.5 Å². The Bertz CT molecular complexity index is 1090. The molecular weight excluding hydrogens is 418 g/mol. The standard InChI is InChI=1S/C25H29N5O3/c1-28-12-14-29(15-13-28)21-9-5-3-7-19(21)16-26-22(31)17-30-23(32)25(27-24(30)33)11-10-18-6-2-4-8-20(18)25/h2-9H,10-17H2,1H3,(H,26,31)(H,27,33). The van der Waals surface area contributed by atoms with E-state index in [1.165, 1.54) is 0 Å². The average molecular weight is 448 g/mol. The van der Waals surface area contributed by atoms with Gasteiger partial charge < -0.3 is 20.4 Å². The van der Waals surface area contributed by atoms with Crippen LogP contribution in [0.5, 0.6) is 0 Å². The van der Waals surface area contributed by atoms with Crippen molar-refractivity contribution < 1.29 is 14.4 Å². The fourth-order valence-electron chi connectivity index (χ4n) is 5.14. The molecule has 0 aromatic heterocycles. The number of urea groups is 1. The van der Waals surface area contributed by atoms with E-state index in [1.54, 1.807) is 0 Å². The van der Waals surface area contributed by atoms with Crippen LogP contribution in [0.4, 0.5) is 10.5 Å². The van der Waals surface area contributed by atoms with Crippen molar-refractivity contribution in [2.45, 2.75) is 24.9 Å². The maximum Gasteiger partial charge on any atom is 0.325 e. The minimum atomic E-state index is -1.04. The first-order chi connectivity index (χ1) is 16.0. The Kier molecular flexibility index (Phi) is 5.54. The molecule has 2 aromatic rings. The summed E-state index contributed by atoms with van der Waals surface area (Å²) in [5, 5.41) is 5.77. The second-order valence-electron chi connectivity index (χ2n) is 9.08. The first-order valence-corrected chi connectivity index (χ1v) is 11.5. The molecule has 2 aromatic carbocycles. The van der Waals surface area contributed by atoms with Crippen LogP contribution in [0.25, 0.3) is 0 Å². The van der Waals surface area contributed by atoms with E-state index in [4.69, 9.17) is 0 Å². The fourth-order valence-corrected chi connectivity index (χ4v) is 5.14. The molecule has 2 aliphatic heterocycles. The number of carbonyl (C=O) groups is 3. The van der Waals surface area contributed by atoms with Crippen molar-refractivity contribution in [1.82, 2.24) is 20.4 Å². The largest absolute Gasteiger partial charge is 0.369 e. The molecule has 2 heterocycles. The molecule has 5 rings (SSSR count). The predicted octanol–water partition coefficient (Wildman–Crippen LogP) is 1.45. The van der Waals surface area contributed by atoms with Crippen molar-refractivity contribution in [1.29, 1.82) is 0 Å². The molecule has 8 nitrogen and oxygen atoms in total. The van der Waals surface area contributed by atoms with Crippen molar-refractivity contribution in [2.24, 2.45) is 0 Å². The predicted molar refractivity (Wildman–Crippen MR) is 125 cm³/mol. The maximum atomic E-state index is 13.3. The third-order valence-electron chi connectivity index (χ3n) is 7.04. The normalized spacial score (nSPS) is 22.6. The first kappa shape index (κ1) is 21.5. The highest BCUT2D eigenvalue weighted by atomic mass is 16.2. The molecule has 33 heavy (non-hydrogen) atoms. The number of nitrogens with one attached hydrogen (secondary N) is 2. The minimum Gasteiger partial charge on any atom is -0.369 e. The van der Waals surface area contributed by atoms with E-state index >= 15 is 0 Å². The van der Waals surface area contributed by atoms with E-state index in [2.05, 4.69) is 33.5 Å². The number of piperazine rings is 1. The highest BCUT2D eigenvalue weighted by Crippen LogP contribution is 2.41. The van der Waals surface area contributed by atoms with Gasteiger partial charge in [0.15, 0.2) is 0 Å². The molecule has 2 fully saturated rings. The van der Waals surface area contributed by atoms with Gasteiger partial charge in [-0.2, -0.15) is 0 Å². The number of hydrogen-bond acceptors (Lipinski definition) is 5. The summed E-state index contributed by atoms with van der Waals surface area (Å²) in [5.41, 5.74) is 3.00. The lowest BCUT2D eigenvalue weighted by molar-refractivity contribution is -0.135. The number of imide groups is 1. The van der Waals surface area contributed by atoms with Gasteiger partial charge in [0.25, 0.3) is 5.91 Å². The number of carbonyl (C=O) groups excluding carboxylic acids is 3. The number of para-hydroxylation sites is 1. The maximum absolute atomic E-state index is 13.3. The Labute approximate surface area is 193 Å². The summed E-state index contributed by atoms with van der Waals surface area (Å²) in [6, 6.07) is 15.2. The molecule has 4 amide bonds. The lowest BCUT2D eigenvalue weighted by Gasteiger charge is -2.35. The molecule has 1 unspecified atom stereocenters. The number of aryl methyl sites for hydroxylation is 1. The third kappa shape index (κ3) is 3.84. The number of benzene rings is 2. The molecule has 0 saturated carbocycles. The van der Waals surface area contributed by atoms with Gasteiger partial charge in [-0.1, -0.05) is 42.5 Å². The number of rotatable bonds is 5. The topological polar surface area (TPSA) is 85.0 Å². The zero-order valence-corrected chi connectivity index (χ0v) is 18.8. The van der Waals surface area contributed by atoms with Gasteiger partial charge >= 0.3 is 6.03 Å². The number of hydrogen-bond donors (Lipinski definition) is 2. The van der Waals surface area contributed by atoms with Crippen LogP contribution in [-0.2, 0) is 28.1 Å². The highest BCUT2D eigenvalue weighted by Gasteiger charge is 2.55. The lowest BCUT2D eigenvalue weighted by atomic mass is 9.92. The van der Waals surface area contributed by atoms with E-state index < -0.39 is 11.6 Å². The van der Waals surface area contributed by atoms with Gasteiger partial charge in [-0.3, -0.25) is 14.5 Å². The van der Waals surface area contributed by atoms with Crippen molar-refractivity contribution in [3.05, 3.63) is 65.2 Å². The molecular formula is C25H29N5O3. The van der Waals surface area contributed by atoms with Gasteiger partial charge in [-0.25, -0.2) is 4.79 Å². The Morgan fingerprint density at radius 2 is 1.76 bits per heavy atom. The number of fused-ring (bicyclic) bond motifs is 2. The molecule has 2 saturated heterocycles. The van der Waals surface area contributed by atoms with Gasteiger partial charge in [0.05, 0.1) is 0 Å². The highest BCUT2D eigenvalue weighted by molar-refractivity contribution is 6.09. The Hall–Kier alpha value is -3.39. The van der Waals surface area contributed by atoms with Crippen molar-refractivity contribution >= 4 is 23.5 Å². The number of likely N-dealkylation sites (N-methyl/N-ethyl adjacent to an activating group) is 1. The van der Waals surface area contributed by atoms with Crippen LogP contribution in [0.15, 0.2) is 48.5 Å². The summed E-state index contributed by atoms with van der Waals surface area (Å²) < 4.78 is 0. The minimum absolute atomic E-state index is 0.286. The van der Waals surface area contributed by atoms with Crippen LogP contribution in [-0.4, -0.2) is 67.4 Å². The molecule has 0 bridgehead atoms. The second kappa shape index (κ2) is 8.51. The van der Waals surface area contributed by atoms with E-state index in [0.29, 0.717) is 13.0 Å². The number of anilines is 1. The fraction of sp³-hybridized carbons (Fsp3) is 0.400. The van der Waals surface area contributed by atoms with Crippen LogP contribution in [0.2, 0.25) is 0 Å². The third-order valence-corrected chi connectivity index (χ3v) is 7.04. The Morgan fingerprint density at radius 3 is 2.58 bits per heavy atom. The first-order valence-electron chi connectivity index (χ1n) is 11.5. The monoisotopic (exact) mass is 447 g/mol. The lowest BCUT2D eigenvalue weighted by Crippen LogP contribution is -2.45. The summed E-state index contributed by atoms with van der Waals surface area (Å²) in [4.78, 5) is 44.3. The van der Waals surface area contributed by atoms with Gasteiger partial charge in [-0.15, -0.1) is 0 Å². The summed E-state index contributed by atoms with van der Waals surface area (Å²) in [7, 11) is 2.12. The summed E-state index contributed by atoms with van der Waals surface area (Å²) in [6.07, 6.45) is 1.25. The van der Waals surface area contributed by atoms with E-state index in [-0.39, 0.29) is 18.4 Å². The SMILES string of the molecule is CN1CCN(c2ccccc2CNC(=O)CN2C(=O)NC3(CCc4ccccc43)C2=O)CC1. The average Bonchev–Trinajstić information content (AvgIpc) is 3.31. The van der Waals surface area contributed by atoms with Crippen LogP contribution >= 0.6 is 0 Å². The van der Waals surface area contributed by atoms with Gasteiger partial charge in [0.2, 0.25) is 5.91 Å². The zero-order chi connectivity index (χ0) is 23.0. The summed E-state index contributed by atoms with van der Waals surface area (Å²) >= 11 is 0. The Morgan fingerprint density at radius 1 is 1.03 bits per heavy atom. The molecule has 2 N–H and O–H groups in total. The van der Waals surface area contributed by atoms with E-state index in [0.717, 1.165) is 59.9 Å². The van der Waals surface area contributed by atoms with Crippen molar-refractivity contribution in [2.75, 3.05) is 44.7 Å². The molecule has 3 aliphatic rings. The quantitative estimate of drug-likeness (QED) is 0.678. The van der Waals surface area contributed by atoms with Gasteiger partial charge in [0.1, 0.15) is 12.1 Å². The van der Waals surface area contributed by atoms with Gasteiger partial charge in [-0.05, 0) is 42.6 Å². The van der Waals surface area contributed by atoms with Crippen molar-refractivity contribution in [3.8, 4) is 0 Å². The Balaban J connectivity index is 1.24. The summed E-state index contributed by atoms with van der Waals surface area (Å²) in [6.45, 7) is 3.93. The van der Waals surface area contributed by atoms with Crippen LogP contribution in [0.1, 0.15) is 23.1 Å². The molecule has 1 atom stereocenters. The molecule has 1 spiro atoms. The van der Waals surface area contributed by atoms with Crippen LogP contribution < -0.4 is 15.5 Å². The van der Waals surface area contributed by atoms with E-state index in [9.17, 15) is 14.4 Å². The number of nitrogens with zero attached hydrogens (tertiary/aromatic N) is 3. The molecule has 0 radical (unpaired) electrons. The van der Waals surface area contributed by atoms with Crippen LogP contribution in [0.3, 0.4) is 0 Å². The summed E-state index contributed by atoms with van der Waals surface area (Å²) in [5.74, 6) is -0.694. The second-order valence-corrected chi connectivity index (χ2v) is 9.08.